The highest BCUT2D eigenvalue weighted by Gasteiger charge is 2.14. The van der Waals surface area contributed by atoms with Crippen molar-refractivity contribution in [3.63, 3.8) is 0 Å². The Kier molecular flexibility index (Phi) is 2.99. The number of imidazole rings is 1. The van der Waals surface area contributed by atoms with Crippen molar-refractivity contribution in [3.8, 4) is 11.5 Å². The fourth-order valence-electron chi connectivity index (χ4n) is 2.62. The van der Waals surface area contributed by atoms with Crippen molar-refractivity contribution in [2.24, 2.45) is 0 Å². The topological polar surface area (TPSA) is 36.3 Å². The lowest BCUT2D eigenvalue weighted by Crippen LogP contribution is -1.98. The molecule has 0 radical (unpaired) electrons. The monoisotopic (exact) mass is 280 g/mol. The van der Waals surface area contributed by atoms with Gasteiger partial charge in [0.05, 0.1) is 30.6 Å². The average Bonchev–Trinajstić information content (AvgIpc) is 2.75. The Bertz CT molecular complexity index is 765. The van der Waals surface area contributed by atoms with Crippen molar-refractivity contribution in [2.45, 2.75) is 13.0 Å². The zero-order valence-electron chi connectivity index (χ0n) is 11.7. The number of rotatable bonds is 2. The Morgan fingerprint density at radius 3 is 2.57 bits per heavy atom. The maximum Gasteiger partial charge on any atom is 0.163 e. The fraction of sp³-hybridized carbons (Fsp3) is 0.235. The number of hydrogen-bond donors (Lipinski definition) is 0. The minimum absolute atomic E-state index is 0.698. The zero-order chi connectivity index (χ0) is 14.1. The van der Waals surface area contributed by atoms with Crippen LogP contribution in [0.4, 0.5) is 0 Å². The average molecular weight is 280 g/mol. The highest BCUT2D eigenvalue weighted by atomic mass is 16.5. The van der Waals surface area contributed by atoms with E-state index in [2.05, 4.69) is 33.8 Å². The molecule has 4 heteroatoms. The molecule has 4 nitrogen and oxygen atoms in total. The quantitative estimate of drug-likeness (QED) is 0.723. The number of ether oxygens (including phenoxy) is 2. The van der Waals surface area contributed by atoms with E-state index in [4.69, 9.17) is 9.47 Å². The van der Waals surface area contributed by atoms with Gasteiger partial charge in [0.2, 0.25) is 0 Å². The van der Waals surface area contributed by atoms with Gasteiger partial charge in [0.1, 0.15) is 0 Å². The number of nitrogens with zero attached hydrogens (tertiary/aromatic N) is 2. The molecule has 1 aliphatic heterocycles. The molecule has 0 spiro atoms. The molecule has 0 amide bonds. The lowest BCUT2D eigenvalue weighted by molar-refractivity contribution is 0.297. The smallest absolute Gasteiger partial charge is 0.163 e. The molecule has 2 aromatic carbocycles. The van der Waals surface area contributed by atoms with Crippen LogP contribution in [0.25, 0.3) is 11.0 Å². The summed E-state index contributed by atoms with van der Waals surface area (Å²) in [6.45, 7) is 2.20. The summed E-state index contributed by atoms with van der Waals surface area (Å²) in [6.07, 6.45) is 2.79. The van der Waals surface area contributed by atoms with E-state index in [-0.39, 0.29) is 0 Å². The number of benzene rings is 2. The molecule has 1 aliphatic rings. The number of fused-ring (bicyclic) bond motifs is 2. The van der Waals surface area contributed by atoms with E-state index in [1.165, 1.54) is 5.56 Å². The summed E-state index contributed by atoms with van der Waals surface area (Å²) in [7, 11) is 0. The van der Waals surface area contributed by atoms with Gasteiger partial charge in [-0.3, -0.25) is 0 Å². The lowest BCUT2D eigenvalue weighted by atomic mass is 10.2. The van der Waals surface area contributed by atoms with Crippen LogP contribution in [0.1, 0.15) is 12.0 Å². The molecule has 0 atom stereocenters. The second kappa shape index (κ2) is 5.13. The molecule has 0 saturated heterocycles. The van der Waals surface area contributed by atoms with Gasteiger partial charge in [-0.05, 0) is 5.56 Å². The van der Waals surface area contributed by atoms with Crippen molar-refractivity contribution in [1.82, 2.24) is 9.55 Å². The van der Waals surface area contributed by atoms with Crippen molar-refractivity contribution in [2.75, 3.05) is 13.2 Å². The number of hydrogen-bond acceptors (Lipinski definition) is 3. The van der Waals surface area contributed by atoms with Gasteiger partial charge in [0.15, 0.2) is 11.5 Å². The molecule has 3 aromatic rings. The van der Waals surface area contributed by atoms with Gasteiger partial charge >= 0.3 is 0 Å². The Balaban J connectivity index is 1.75. The van der Waals surface area contributed by atoms with E-state index in [9.17, 15) is 0 Å². The van der Waals surface area contributed by atoms with E-state index in [0.717, 1.165) is 35.5 Å². The maximum atomic E-state index is 5.77. The van der Waals surface area contributed by atoms with Crippen LogP contribution in [-0.4, -0.2) is 22.8 Å². The van der Waals surface area contributed by atoms with E-state index >= 15 is 0 Å². The predicted octanol–water partition coefficient (Wildman–Crippen LogP) is 3.25. The molecule has 106 valence electrons. The van der Waals surface area contributed by atoms with Crippen LogP contribution >= 0.6 is 0 Å². The first kappa shape index (κ1) is 12.3. The highest BCUT2D eigenvalue weighted by Crippen LogP contribution is 2.33. The van der Waals surface area contributed by atoms with Gasteiger partial charge in [-0.2, -0.15) is 0 Å². The molecule has 0 fully saturated rings. The Hall–Kier alpha value is -2.49. The zero-order valence-corrected chi connectivity index (χ0v) is 11.7. The van der Waals surface area contributed by atoms with Crippen LogP contribution in [0, 0.1) is 0 Å². The molecule has 0 unspecified atom stereocenters. The second-order valence-corrected chi connectivity index (χ2v) is 5.20. The molecule has 0 aliphatic carbocycles. The van der Waals surface area contributed by atoms with Gasteiger partial charge in [-0.25, -0.2) is 4.98 Å². The summed E-state index contributed by atoms with van der Waals surface area (Å²) in [4.78, 5) is 4.48. The normalized spacial score (nSPS) is 14.1. The molecule has 1 aromatic heterocycles. The number of aromatic nitrogens is 2. The molecule has 0 N–H and O–H groups in total. The van der Waals surface area contributed by atoms with Gasteiger partial charge in [0, 0.05) is 25.1 Å². The standard InChI is InChI=1S/C17H16N2O2/c1-2-5-13(6-3-1)11-19-12-18-14-9-16-17(10-15(14)19)21-8-4-7-20-16/h1-3,5-6,9-10,12H,4,7-8,11H2. The van der Waals surface area contributed by atoms with Gasteiger partial charge in [0.25, 0.3) is 0 Å². The largest absolute Gasteiger partial charge is 0.489 e. The Labute approximate surface area is 122 Å². The van der Waals surface area contributed by atoms with E-state index < -0.39 is 0 Å². The van der Waals surface area contributed by atoms with E-state index in [1.807, 2.05) is 24.5 Å². The van der Waals surface area contributed by atoms with Crippen LogP contribution < -0.4 is 9.47 Å². The molecule has 4 rings (SSSR count). The predicted molar refractivity (Wildman–Crippen MR) is 80.9 cm³/mol. The summed E-state index contributed by atoms with van der Waals surface area (Å²) in [6, 6.07) is 14.4. The first-order chi connectivity index (χ1) is 10.4. The van der Waals surface area contributed by atoms with Gasteiger partial charge in [-0.1, -0.05) is 30.3 Å². The molecular formula is C17H16N2O2. The summed E-state index contributed by atoms with van der Waals surface area (Å²) < 4.78 is 13.6. The third-order valence-electron chi connectivity index (χ3n) is 3.69. The first-order valence-electron chi connectivity index (χ1n) is 7.18. The fourth-order valence-corrected chi connectivity index (χ4v) is 2.62. The van der Waals surface area contributed by atoms with Gasteiger partial charge < -0.3 is 14.0 Å². The summed E-state index contributed by atoms with van der Waals surface area (Å²) in [5, 5.41) is 0. The minimum atomic E-state index is 0.698. The van der Waals surface area contributed by atoms with Crippen LogP contribution in [0.5, 0.6) is 11.5 Å². The molecule has 2 heterocycles. The second-order valence-electron chi connectivity index (χ2n) is 5.20. The molecule has 21 heavy (non-hydrogen) atoms. The molecule has 0 saturated carbocycles. The summed E-state index contributed by atoms with van der Waals surface area (Å²) in [5.74, 6) is 1.61. The Morgan fingerprint density at radius 2 is 1.76 bits per heavy atom. The van der Waals surface area contributed by atoms with Crippen molar-refractivity contribution >= 4 is 11.0 Å². The van der Waals surface area contributed by atoms with Crippen LogP contribution in [0.2, 0.25) is 0 Å². The van der Waals surface area contributed by atoms with Crippen LogP contribution in [-0.2, 0) is 6.54 Å². The third-order valence-corrected chi connectivity index (χ3v) is 3.69. The lowest BCUT2D eigenvalue weighted by Gasteiger charge is -2.09. The van der Waals surface area contributed by atoms with Crippen molar-refractivity contribution in [3.05, 3.63) is 54.4 Å². The Morgan fingerprint density at radius 1 is 1.00 bits per heavy atom. The summed E-state index contributed by atoms with van der Waals surface area (Å²) in [5.41, 5.74) is 3.27. The summed E-state index contributed by atoms with van der Waals surface area (Å²) >= 11 is 0. The van der Waals surface area contributed by atoms with Crippen LogP contribution in [0.3, 0.4) is 0 Å². The van der Waals surface area contributed by atoms with E-state index in [0.29, 0.717) is 13.2 Å². The van der Waals surface area contributed by atoms with Crippen molar-refractivity contribution in [1.29, 1.82) is 0 Å². The van der Waals surface area contributed by atoms with Crippen molar-refractivity contribution < 1.29 is 9.47 Å². The van der Waals surface area contributed by atoms with E-state index in [1.54, 1.807) is 0 Å². The maximum absolute atomic E-state index is 5.77. The highest BCUT2D eigenvalue weighted by molar-refractivity contribution is 5.80. The molecular weight excluding hydrogens is 264 g/mol. The third kappa shape index (κ3) is 2.33. The molecule has 0 bridgehead atoms. The minimum Gasteiger partial charge on any atom is -0.489 e. The van der Waals surface area contributed by atoms with Gasteiger partial charge in [-0.15, -0.1) is 0 Å². The van der Waals surface area contributed by atoms with Crippen LogP contribution in [0.15, 0.2) is 48.8 Å². The SMILES string of the molecule is c1ccc(Cn2cnc3cc4c(cc32)OCCCO4)cc1. The first-order valence-corrected chi connectivity index (χ1v) is 7.18.